The standard InChI is InChI=1S/C11H21NO6S2/c1-9-8-18-10(7-13)6-12(9)20(16,17)11-2-4-19(14,15)5-3-11/h9-11,13H,2-8H2,1H3. The highest BCUT2D eigenvalue weighted by atomic mass is 32.2. The van der Waals surface area contributed by atoms with Gasteiger partial charge in [-0.1, -0.05) is 0 Å². The summed E-state index contributed by atoms with van der Waals surface area (Å²) in [5, 5.41) is 8.47. The summed E-state index contributed by atoms with van der Waals surface area (Å²) in [4.78, 5) is 0. The molecular formula is C11H21NO6S2. The molecule has 1 N–H and O–H groups in total. The molecule has 2 aliphatic rings. The van der Waals surface area contributed by atoms with Crippen molar-refractivity contribution in [2.75, 3.05) is 31.3 Å². The molecule has 2 fully saturated rings. The fourth-order valence-corrected chi connectivity index (χ4v) is 6.56. The predicted molar refractivity (Wildman–Crippen MR) is 73.6 cm³/mol. The molecule has 0 aromatic carbocycles. The molecule has 20 heavy (non-hydrogen) atoms. The third kappa shape index (κ3) is 3.33. The van der Waals surface area contributed by atoms with Gasteiger partial charge in [-0.3, -0.25) is 0 Å². The minimum Gasteiger partial charge on any atom is -0.394 e. The zero-order valence-electron chi connectivity index (χ0n) is 11.4. The number of hydrogen-bond acceptors (Lipinski definition) is 6. The third-order valence-corrected chi connectivity index (χ3v) is 8.09. The molecule has 0 aliphatic carbocycles. The highest BCUT2D eigenvalue weighted by molar-refractivity contribution is 7.92. The molecule has 0 spiro atoms. The quantitative estimate of drug-likeness (QED) is 0.712. The first kappa shape index (κ1) is 16.2. The molecule has 2 unspecified atom stereocenters. The first-order valence-electron chi connectivity index (χ1n) is 6.70. The van der Waals surface area contributed by atoms with Crippen LogP contribution in [0.15, 0.2) is 0 Å². The first-order valence-corrected chi connectivity index (χ1v) is 10.0. The number of hydrogen-bond donors (Lipinski definition) is 1. The van der Waals surface area contributed by atoms with Crippen LogP contribution in [-0.2, 0) is 24.6 Å². The second-order valence-electron chi connectivity index (χ2n) is 5.45. The topological polar surface area (TPSA) is 101 Å². The van der Waals surface area contributed by atoms with Gasteiger partial charge in [0.05, 0.1) is 36.1 Å². The Balaban J connectivity index is 2.13. The minimum absolute atomic E-state index is 0.0704. The van der Waals surface area contributed by atoms with Crippen LogP contribution in [0.4, 0.5) is 0 Å². The molecule has 0 saturated carbocycles. The van der Waals surface area contributed by atoms with E-state index in [4.69, 9.17) is 9.84 Å². The molecule has 0 radical (unpaired) electrons. The summed E-state index contributed by atoms with van der Waals surface area (Å²) < 4.78 is 54.7. The molecule has 2 atom stereocenters. The van der Waals surface area contributed by atoms with Crippen molar-refractivity contribution in [3.63, 3.8) is 0 Å². The maximum atomic E-state index is 12.6. The van der Waals surface area contributed by atoms with Gasteiger partial charge >= 0.3 is 0 Å². The largest absolute Gasteiger partial charge is 0.394 e. The van der Waals surface area contributed by atoms with Crippen molar-refractivity contribution in [2.45, 2.75) is 37.2 Å². The Labute approximate surface area is 119 Å². The number of morpholine rings is 1. The number of ether oxygens (including phenoxy) is 1. The molecule has 7 nitrogen and oxygen atoms in total. The fourth-order valence-electron chi connectivity index (χ4n) is 2.61. The second-order valence-corrected chi connectivity index (χ2v) is 9.92. The highest BCUT2D eigenvalue weighted by Crippen LogP contribution is 2.26. The molecule has 0 aromatic heterocycles. The monoisotopic (exact) mass is 327 g/mol. The predicted octanol–water partition coefficient (Wildman–Crippen LogP) is -1.02. The van der Waals surface area contributed by atoms with E-state index in [-0.39, 0.29) is 50.1 Å². The molecule has 2 rings (SSSR count). The van der Waals surface area contributed by atoms with E-state index in [1.165, 1.54) is 4.31 Å². The van der Waals surface area contributed by atoms with Gasteiger partial charge in [0, 0.05) is 12.6 Å². The Morgan fingerprint density at radius 1 is 1.30 bits per heavy atom. The maximum Gasteiger partial charge on any atom is 0.217 e. The number of nitrogens with zero attached hydrogens (tertiary/aromatic N) is 1. The first-order chi connectivity index (χ1) is 9.26. The molecule has 9 heteroatoms. The smallest absolute Gasteiger partial charge is 0.217 e. The highest BCUT2D eigenvalue weighted by Gasteiger charge is 2.41. The fraction of sp³-hybridized carbons (Fsp3) is 1.00. The van der Waals surface area contributed by atoms with Crippen molar-refractivity contribution in [3.8, 4) is 0 Å². The van der Waals surface area contributed by atoms with Crippen LogP contribution in [0, 0.1) is 0 Å². The van der Waals surface area contributed by atoms with E-state index in [1.54, 1.807) is 6.92 Å². The lowest BCUT2D eigenvalue weighted by Crippen LogP contribution is -2.55. The van der Waals surface area contributed by atoms with Crippen molar-refractivity contribution < 1.29 is 26.7 Å². The Hall–Kier alpha value is -0.220. The van der Waals surface area contributed by atoms with Gasteiger partial charge < -0.3 is 9.84 Å². The summed E-state index contributed by atoms with van der Waals surface area (Å²) in [6.45, 7) is 1.90. The summed E-state index contributed by atoms with van der Waals surface area (Å²) >= 11 is 0. The number of aliphatic hydroxyl groups excluding tert-OH is 1. The molecule has 118 valence electrons. The summed E-state index contributed by atoms with van der Waals surface area (Å²) in [6, 6.07) is -0.290. The SMILES string of the molecule is CC1COC(CO)CN1S(=O)(=O)C1CCS(=O)(=O)CC1. The maximum absolute atomic E-state index is 12.6. The van der Waals surface area contributed by atoms with Gasteiger partial charge in [-0.05, 0) is 19.8 Å². The summed E-state index contributed by atoms with van der Waals surface area (Å²) in [5.74, 6) is -0.141. The molecular weight excluding hydrogens is 306 g/mol. The van der Waals surface area contributed by atoms with Crippen molar-refractivity contribution >= 4 is 19.9 Å². The summed E-state index contributed by atoms with van der Waals surface area (Å²) in [5.41, 5.74) is 0. The van der Waals surface area contributed by atoms with Crippen LogP contribution < -0.4 is 0 Å². The van der Waals surface area contributed by atoms with Crippen molar-refractivity contribution in [1.29, 1.82) is 0 Å². The lowest BCUT2D eigenvalue weighted by Gasteiger charge is -2.39. The van der Waals surface area contributed by atoms with Crippen LogP contribution in [0.25, 0.3) is 0 Å². The van der Waals surface area contributed by atoms with Crippen LogP contribution in [0.2, 0.25) is 0 Å². The van der Waals surface area contributed by atoms with Gasteiger partial charge in [0.2, 0.25) is 10.0 Å². The Morgan fingerprint density at radius 3 is 2.45 bits per heavy atom. The number of rotatable bonds is 3. The van der Waals surface area contributed by atoms with Crippen molar-refractivity contribution in [1.82, 2.24) is 4.31 Å². The number of sulfone groups is 1. The van der Waals surface area contributed by atoms with Gasteiger partial charge in [0.15, 0.2) is 0 Å². The van der Waals surface area contributed by atoms with Crippen LogP contribution in [0.5, 0.6) is 0 Å². The van der Waals surface area contributed by atoms with E-state index in [0.717, 1.165) is 0 Å². The minimum atomic E-state index is -3.55. The average molecular weight is 327 g/mol. The lowest BCUT2D eigenvalue weighted by molar-refractivity contribution is -0.0518. The van der Waals surface area contributed by atoms with Gasteiger partial charge in [-0.2, -0.15) is 4.31 Å². The van der Waals surface area contributed by atoms with Crippen molar-refractivity contribution in [3.05, 3.63) is 0 Å². The van der Waals surface area contributed by atoms with Crippen molar-refractivity contribution in [2.24, 2.45) is 0 Å². The zero-order chi connectivity index (χ0) is 15.0. The second kappa shape index (κ2) is 5.88. The Kier molecular flexibility index (Phi) is 4.75. The van der Waals surface area contributed by atoms with Gasteiger partial charge in [-0.15, -0.1) is 0 Å². The van der Waals surface area contributed by atoms with E-state index in [0.29, 0.717) is 0 Å². The molecule has 2 heterocycles. The van der Waals surface area contributed by atoms with Crippen LogP contribution in [0.3, 0.4) is 0 Å². The van der Waals surface area contributed by atoms with Gasteiger partial charge in [0.1, 0.15) is 9.84 Å². The lowest BCUT2D eigenvalue weighted by atomic mass is 10.2. The summed E-state index contributed by atoms with van der Waals surface area (Å²) in [6.07, 6.45) is -0.204. The van der Waals surface area contributed by atoms with E-state index in [9.17, 15) is 16.8 Å². The normalized spacial score (nSPS) is 33.1. The van der Waals surface area contributed by atoms with Crippen LogP contribution in [-0.4, -0.2) is 74.9 Å². The Morgan fingerprint density at radius 2 is 1.90 bits per heavy atom. The third-order valence-electron chi connectivity index (χ3n) is 3.90. The molecule has 0 bridgehead atoms. The molecule has 2 saturated heterocycles. The Bertz CT molecular complexity index is 529. The molecule has 2 aliphatic heterocycles. The van der Waals surface area contributed by atoms with E-state index >= 15 is 0 Å². The van der Waals surface area contributed by atoms with E-state index < -0.39 is 31.2 Å². The molecule has 0 aromatic rings. The average Bonchev–Trinajstić information content (AvgIpc) is 2.38. The van der Waals surface area contributed by atoms with Crippen LogP contribution >= 0.6 is 0 Å². The number of sulfonamides is 1. The number of aliphatic hydroxyl groups is 1. The summed E-state index contributed by atoms with van der Waals surface area (Å²) in [7, 11) is -6.63. The zero-order valence-corrected chi connectivity index (χ0v) is 13.1. The van der Waals surface area contributed by atoms with E-state index in [2.05, 4.69) is 0 Å². The van der Waals surface area contributed by atoms with Crippen LogP contribution in [0.1, 0.15) is 19.8 Å². The van der Waals surface area contributed by atoms with Gasteiger partial charge in [-0.25, -0.2) is 16.8 Å². The van der Waals surface area contributed by atoms with Gasteiger partial charge in [0.25, 0.3) is 0 Å². The van der Waals surface area contributed by atoms with E-state index in [1.807, 2.05) is 0 Å². The molecule has 0 amide bonds.